The number of hydrogen-bond acceptors (Lipinski definition) is 10. The minimum Gasteiger partial charge on any atom is -0.494 e. The lowest BCUT2D eigenvalue weighted by Gasteiger charge is -2.58. The zero-order valence-electron chi connectivity index (χ0n) is 75.0. The summed E-state index contributed by atoms with van der Waals surface area (Å²) in [6, 6.07) is 32.3. The van der Waals surface area contributed by atoms with E-state index in [-0.39, 0.29) is 24.1 Å². The zero-order valence-corrected chi connectivity index (χ0v) is 75.0. The lowest BCUT2D eigenvalue weighted by molar-refractivity contribution is -0.152. The van der Waals surface area contributed by atoms with Crippen LogP contribution in [0.15, 0.2) is 130 Å². The number of nitrogens with zero attached hydrogens (tertiary/aromatic N) is 2. The van der Waals surface area contributed by atoms with Crippen LogP contribution >= 0.6 is 0 Å². The summed E-state index contributed by atoms with van der Waals surface area (Å²) >= 11 is 0. The number of hydrogen-bond donors (Lipinski definition) is 0. The highest BCUT2D eigenvalue weighted by Gasteiger charge is 2.61. The molecule has 0 radical (unpaired) electrons. The van der Waals surface area contributed by atoms with Gasteiger partial charge in [-0.1, -0.05) is 208 Å². The Balaban J connectivity index is 0.419. The minimum atomic E-state index is 0.0236. The van der Waals surface area contributed by atoms with Crippen LogP contribution < -0.4 is 18.9 Å². The molecule has 16 atom stereocenters. The summed E-state index contributed by atoms with van der Waals surface area (Å²) in [5, 5.41) is 0. The van der Waals surface area contributed by atoms with Crippen LogP contribution in [-0.4, -0.2) is 63.0 Å². The molecule has 644 valence electrons. The maximum Gasteiger partial charge on any atom is 0.306 e. The van der Waals surface area contributed by atoms with Crippen LogP contribution in [-0.2, 0) is 19.1 Å². The fourth-order valence-corrected chi connectivity index (χ4v) is 24.9. The third kappa shape index (κ3) is 25.0. The Kier molecular flexibility index (Phi) is 34.3. The maximum atomic E-state index is 13.1. The van der Waals surface area contributed by atoms with Gasteiger partial charge >= 0.3 is 11.9 Å². The van der Waals surface area contributed by atoms with Crippen LogP contribution in [0.25, 0.3) is 0 Å². The number of ether oxygens (including phenoxy) is 6. The topological polar surface area (TPSA) is 114 Å². The molecule has 0 saturated heterocycles. The van der Waals surface area contributed by atoms with Crippen LogP contribution in [0, 0.1) is 92.7 Å². The molecule has 6 saturated carbocycles. The van der Waals surface area contributed by atoms with Crippen LogP contribution in [0.5, 0.6) is 23.0 Å². The highest BCUT2D eigenvalue weighted by molar-refractivity contribution is 5.83. The van der Waals surface area contributed by atoms with E-state index in [2.05, 4.69) is 106 Å². The number of aliphatic imine (C=N–C) groups is 2. The van der Waals surface area contributed by atoms with Gasteiger partial charge in [-0.05, 0) is 336 Å². The molecule has 4 aromatic rings. The van der Waals surface area contributed by atoms with Crippen LogP contribution in [0.1, 0.15) is 356 Å². The maximum absolute atomic E-state index is 13.1. The van der Waals surface area contributed by atoms with Crippen LogP contribution in [0.4, 0.5) is 11.4 Å². The average molecular weight is 1600 g/mol. The van der Waals surface area contributed by atoms with E-state index in [9.17, 15) is 9.59 Å². The molecule has 0 unspecified atom stereocenters. The molecule has 12 rings (SSSR count). The Labute approximate surface area is 710 Å². The number of esters is 2. The SMILES string of the molecule is CC(C)CCC[C@@H](C)[C@H]1CC[C@H]2[C@@H]3CC=C4C[C@@H](OC(=O)CCCCCCCCCCOc5ccc(C=Nc6ccc(OCCCCCOc7ccc(N=Cc8ccc(OCCCCCCCCCCC(=O)O[C@H]9CC[C@@]%10(C)C(=CC[C@H]%11[C@@H]%12CC[C@H]([C@H](C)CCCC(C)C)[C@@]%12(C)CC[C@@H]%11%10)C9)cc8)cc7)cc6)cc5)CC[C@]4(C)[C@H]3CC[C@]12C. The van der Waals surface area contributed by atoms with Gasteiger partial charge in [0.2, 0.25) is 0 Å². The molecular formula is C107H158N2O8. The van der Waals surface area contributed by atoms with E-state index < -0.39 is 0 Å². The Morgan fingerprint density at radius 3 is 1.04 bits per heavy atom. The molecule has 8 aliphatic rings. The third-order valence-electron chi connectivity index (χ3n) is 31.7. The van der Waals surface area contributed by atoms with Crippen molar-refractivity contribution in [3.8, 4) is 23.0 Å². The molecule has 6 fully saturated rings. The molecule has 0 spiro atoms. The first-order chi connectivity index (χ1) is 56.8. The normalized spacial score (nSPS) is 28.4. The van der Waals surface area contributed by atoms with Crippen molar-refractivity contribution in [3.63, 3.8) is 0 Å². The second-order valence-corrected chi connectivity index (χ2v) is 40.5. The number of benzene rings is 4. The lowest BCUT2D eigenvalue weighted by Crippen LogP contribution is -2.51. The summed E-state index contributed by atoms with van der Waals surface area (Å²) < 4.78 is 36.7. The Morgan fingerprint density at radius 1 is 0.368 bits per heavy atom. The van der Waals surface area contributed by atoms with Gasteiger partial charge in [-0.15, -0.1) is 0 Å². The predicted molar refractivity (Wildman–Crippen MR) is 485 cm³/mol. The van der Waals surface area contributed by atoms with Crippen molar-refractivity contribution in [1.29, 1.82) is 0 Å². The van der Waals surface area contributed by atoms with E-state index in [1.165, 1.54) is 180 Å². The van der Waals surface area contributed by atoms with Gasteiger partial charge < -0.3 is 28.4 Å². The van der Waals surface area contributed by atoms with Gasteiger partial charge in [0.1, 0.15) is 35.2 Å². The summed E-state index contributed by atoms with van der Waals surface area (Å²) in [4.78, 5) is 35.6. The fourth-order valence-electron chi connectivity index (χ4n) is 24.9. The molecule has 0 N–H and O–H groups in total. The highest BCUT2D eigenvalue weighted by Crippen LogP contribution is 2.69. The minimum absolute atomic E-state index is 0.0236. The average Bonchev–Trinajstić information content (AvgIpc) is 1.64. The third-order valence-corrected chi connectivity index (χ3v) is 31.7. The second-order valence-electron chi connectivity index (χ2n) is 40.5. The van der Waals surface area contributed by atoms with Gasteiger partial charge in [0.25, 0.3) is 0 Å². The van der Waals surface area contributed by atoms with E-state index in [4.69, 9.17) is 38.4 Å². The van der Waals surface area contributed by atoms with Crippen molar-refractivity contribution in [2.24, 2.45) is 103 Å². The molecule has 10 nitrogen and oxygen atoms in total. The van der Waals surface area contributed by atoms with Crippen molar-refractivity contribution >= 4 is 35.7 Å². The van der Waals surface area contributed by atoms with E-state index >= 15 is 0 Å². The van der Waals surface area contributed by atoms with Gasteiger partial charge in [0.05, 0.1) is 37.8 Å². The van der Waals surface area contributed by atoms with E-state index in [1.54, 1.807) is 11.1 Å². The largest absolute Gasteiger partial charge is 0.494 e. The molecule has 0 amide bonds. The van der Waals surface area contributed by atoms with Crippen molar-refractivity contribution in [2.45, 2.75) is 358 Å². The number of carbonyl (C=O) groups excluding carboxylic acids is 2. The van der Waals surface area contributed by atoms with Gasteiger partial charge in [-0.3, -0.25) is 19.6 Å². The number of carbonyl (C=O) groups is 2. The van der Waals surface area contributed by atoms with Crippen LogP contribution in [0.3, 0.4) is 0 Å². The molecule has 117 heavy (non-hydrogen) atoms. The summed E-state index contributed by atoms with van der Waals surface area (Å²) in [5.74, 6) is 13.7. The lowest BCUT2D eigenvalue weighted by atomic mass is 9.47. The fraction of sp³-hybridized carbons (Fsp3) is 0.701. The number of fused-ring (bicyclic) bond motifs is 10. The van der Waals surface area contributed by atoms with Gasteiger partial charge in [0.15, 0.2) is 0 Å². The Bertz CT molecular complexity index is 3520. The van der Waals surface area contributed by atoms with E-state index in [0.29, 0.717) is 47.7 Å². The summed E-state index contributed by atoms with van der Waals surface area (Å²) in [6.45, 7) is 28.0. The number of rotatable bonds is 48. The highest BCUT2D eigenvalue weighted by atomic mass is 16.5. The van der Waals surface area contributed by atoms with E-state index in [1.807, 2.05) is 85.2 Å². The van der Waals surface area contributed by atoms with Crippen molar-refractivity contribution < 1.29 is 38.0 Å². The molecule has 4 aromatic carbocycles. The Hall–Kier alpha value is -6.16. The summed E-state index contributed by atoms with van der Waals surface area (Å²) in [7, 11) is 0. The number of allylic oxidation sites excluding steroid dienone is 2. The number of unbranched alkanes of at least 4 members (excludes halogenated alkanes) is 16. The van der Waals surface area contributed by atoms with Crippen molar-refractivity contribution in [1.82, 2.24) is 0 Å². The molecule has 10 heteroatoms. The first-order valence-electron chi connectivity index (χ1n) is 48.5. The van der Waals surface area contributed by atoms with Gasteiger partial charge in [0, 0.05) is 38.1 Å². The quantitative estimate of drug-likeness (QED) is 0.0186. The predicted octanol–water partition coefficient (Wildman–Crippen LogP) is 29.5. The molecule has 0 aliphatic heterocycles. The molecular weight excluding hydrogens is 1440 g/mol. The molecule has 0 bridgehead atoms. The van der Waals surface area contributed by atoms with Crippen molar-refractivity contribution in [3.05, 3.63) is 131 Å². The molecule has 8 aliphatic carbocycles. The van der Waals surface area contributed by atoms with Gasteiger partial charge in [-0.25, -0.2) is 0 Å². The van der Waals surface area contributed by atoms with E-state index in [0.717, 1.165) is 213 Å². The standard InChI is InChI=1S/C107H158N2O8/c1-78(2)32-30-34-80(5)96-58-60-98-94-56-42-84-74-92(62-66-104(84,7)100(94)64-68-106(96,98)9)116-102(110)36-24-19-15-11-13-17-21-26-70-112-88-48-38-82(39-49-88)76-108-86-44-52-90(53-45-86)114-72-28-23-29-73-115-91-54-46-87(47-55-91)109-77-83-40-50-89(51-41-83)113-71-27-22-18-14-12-16-20-25-37-103(111)117-93-63-67-105(8)85(75-93)43-57-95-99-61-59-97(81(6)35-31-33-79(3)4)107(99,10)69-65-101(95)105/h38-55,76-81,92-101H,11-37,56-75H2,1-10H3/t80-,81-,92+,93+,94+,95+,96-,97-,98+,99+,100+,101+,104+,105+,106-,107-/m1/s1. The second kappa shape index (κ2) is 44.6. The Morgan fingerprint density at radius 2 is 0.692 bits per heavy atom. The van der Waals surface area contributed by atoms with Crippen LogP contribution in [0.2, 0.25) is 0 Å². The first kappa shape index (κ1) is 90.1. The zero-order chi connectivity index (χ0) is 82.0. The first-order valence-corrected chi connectivity index (χ1v) is 48.5. The van der Waals surface area contributed by atoms with Crippen molar-refractivity contribution in [2.75, 3.05) is 26.4 Å². The molecule has 0 heterocycles. The monoisotopic (exact) mass is 1600 g/mol. The molecule has 0 aromatic heterocycles. The van der Waals surface area contributed by atoms with Gasteiger partial charge in [-0.2, -0.15) is 0 Å². The smallest absolute Gasteiger partial charge is 0.306 e. The summed E-state index contributed by atoms with van der Waals surface area (Å²) in [5.41, 5.74) is 8.70. The summed E-state index contributed by atoms with van der Waals surface area (Å²) in [6.07, 6.45) is 60.2.